The van der Waals surface area contributed by atoms with Crippen LogP contribution in [0, 0.1) is 23.7 Å². The van der Waals surface area contributed by atoms with Crippen molar-refractivity contribution in [1.82, 2.24) is 25.8 Å². The summed E-state index contributed by atoms with van der Waals surface area (Å²) in [5.74, 6) is -2.63. The van der Waals surface area contributed by atoms with Gasteiger partial charge in [-0.1, -0.05) is 84.0 Å². The maximum Gasteiger partial charge on any atom is 0.407 e. The molecule has 2 unspecified atom stereocenters. The van der Waals surface area contributed by atoms with Crippen LogP contribution in [0.25, 0.3) is 0 Å². The molecule has 0 radical (unpaired) electrons. The van der Waals surface area contributed by atoms with E-state index in [0.717, 1.165) is 5.56 Å². The SMILES string of the molecule is CCOP(=O)(CC(CC(C)C)C(=O)N[C@@H](CC(C)C)C(=O)NC)CN(C[C@H](CCCCN1C(=O)c2ccccc2C1=O)NC(=O)OCc1ccccc1)C(=O)[C@@H](N)CC(C)C. The van der Waals surface area contributed by atoms with Gasteiger partial charge in [0.05, 0.1) is 30.1 Å². The van der Waals surface area contributed by atoms with Crippen molar-refractivity contribution in [3.63, 3.8) is 0 Å². The molecule has 5 atom stereocenters. The average molecular weight is 869 g/mol. The fourth-order valence-corrected chi connectivity index (χ4v) is 10.1. The Labute approximate surface area is 362 Å². The monoisotopic (exact) mass is 868 g/mol. The largest absolute Gasteiger partial charge is 0.445 e. The second-order valence-electron chi connectivity index (χ2n) is 17.2. The fourth-order valence-electron chi connectivity index (χ4n) is 7.55. The number of nitrogens with zero attached hydrogens (tertiary/aromatic N) is 2. The fraction of sp³-hybridized carbons (Fsp3) is 0.600. The van der Waals surface area contributed by atoms with Crippen molar-refractivity contribution in [2.24, 2.45) is 29.4 Å². The Balaban J connectivity index is 1.92. The second kappa shape index (κ2) is 24.8. The normalized spacial score (nSPS) is 15.5. The van der Waals surface area contributed by atoms with E-state index in [1.165, 1.54) is 16.8 Å². The van der Waals surface area contributed by atoms with Gasteiger partial charge < -0.3 is 35.8 Å². The molecule has 3 rings (SSSR count). The lowest BCUT2D eigenvalue weighted by atomic mass is 9.96. The highest BCUT2D eigenvalue weighted by Gasteiger charge is 2.38. The molecule has 0 aromatic heterocycles. The van der Waals surface area contributed by atoms with E-state index < -0.39 is 49.3 Å². The number of carbonyl (C=O) groups is 6. The molecule has 1 aliphatic rings. The molecular formula is C45H69N6O9P. The third-order valence-corrected chi connectivity index (χ3v) is 12.9. The topological polar surface area (TPSA) is 207 Å². The lowest BCUT2D eigenvalue weighted by Gasteiger charge is -2.34. The average Bonchev–Trinajstić information content (AvgIpc) is 3.44. The summed E-state index contributed by atoms with van der Waals surface area (Å²) in [6, 6.07) is 13.3. The number of hydrogen-bond acceptors (Lipinski definition) is 10. The highest BCUT2D eigenvalue weighted by Crippen LogP contribution is 2.50. The maximum absolute atomic E-state index is 15.1. The molecule has 0 bridgehead atoms. The zero-order valence-corrected chi connectivity index (χ0v) is 38.2. The number of nitrogens with one attached hydrogen (secondary N) is 3. The number of hydrogen-bond donors (Lipinski definition) is 4. The third-order valence-electron chi connectivity index (χ3n) is 10.4. The minimum atomic E-state index is -3.84. The van der Waals surface area contributed by atoms with Gasteiger partial charge in [-0.25, -0.2) is 4.79 Å². The van der Waals surface area contributed by atoms with Crippen LogP contribution >= 0.6 is 7.37 Å². The van der Waals surface area contributed by atoms with Crippen molar-refractivity contribution in [2.75, 3.05) is 39.2 Å². The number of rotatable bonds is 26. The summed E-state index contributed by atoms with van der Waals surface area (Å²) in [5, 5.41) is 8.39. The van der Waals surface area contributed by atoms with Crippen LogP contribution in [0.2, 0.25) is 0 Å². The van der Waals surface area contributed by atoms with Crippen molar-refractivity contribution in [2.45, 2.75) is 112 Å². The number of unbranched alkanes of at least 4 members (excludes halogenated alkanes) is 1. The van der Waals surface area contributed by atoms with Crippen molar-refractivity contribution in [3.05, 3.63) is 71.3 Å². The highest BCUT2D eigenvalue weighted by molar-refractivity contribution is 7.59. The van der Waals surface area contributed by atoms with Gasteiger partial charge in [0.1, 0.15) is 12.6 Å². The van der Waals surface area contributed by atoms with E-state index >= 15 is 4.57 Å². The van der Waals surface area contributed by atoms with Crippen LogP contribution in [0.3, 0.4) is 0 Å². The Morgan fingerprint density at radius 2 is 1.39 bits per heavy atom. The van der Waals surface area contributed by atoms with E-state index in [9.17, 15) is 28.8 Å². The standard InChI is InChI=1S/C45H69N6O9P/c1-9-60-61(58,28-34(23-30(2)3)40(52)49-39(25-32(6)7)41(53)47-8)29-50(44(56)38(46)24-31(4)5)26-35(48-45(57)59-27-33-17-11-10-12-18-33)19-15-16-22-51-42(54)36-20-13-14-21-37(36)43(51)55/h10-14,17-18,20-21,30-32,34-35,38-39H,9,15-16,19,22-29,46H2,1-8H3,(H,47,53)(H,48,57)(H,49,52)/t34?,35-,38-,39-,61?/m0/s1. The molecule has 5 N–H and O–H groups in total. The number of benzene rings is 2. The van der Waals surface area contributed by atoms with Crippen LogP contribution in [0.5, 0.6) is 0 Å². The summed E-state index contributed by atoms with van der Waals surface area (Å²) in [5.41, 5.74) is 7.98. The van der Waals surface area contributed by atoms with Crippen LogP contribution in [-0.4, -0.2) is 103 Å². The van der Waals surface area contributed by atoms with Crippen LogP contribution in [-0.2, 0) is 34.8 Å². The predicted octanol–water partition coefficient (Wildman–Crippen LogP) is 6.16. The van der Waals surface area contributed by atoms with Gasteiger partial charge in [-0.3, -0.25) is 33.4 Å². The Morgan fingerprint density at radius 1 is 0.803 bits per heavy atom. The van der Waals surface area contributed by atoms with E-state index in [0.29, 0.717) is 49.7 Å². The predicted molar refractivity (Wildman–Crippen MR) is 236 cm³/mol. The van der Waals surface area contributed by atoms with E-state index in [-0.39, 0.29) is 74.2 Å². The molecule has 15 nitrogen and oxygen atoms in total. The van der Waals surface area contributed by atoms with E-state index in [4.69, 9.17) is 15.0 Å². The van der Waals surface area contributed by atoms with Crippen LogP contribution in [0.1, 0.15) is 113 Å². The first-order valence-electron chi connectivity index (χ1n) is 21.6. The minimum absolute atomic E-state index is 0.00215. The molecule has 0 aliphatic carbocycles. The molecule has 2 aromatic carbocycles. The van der Waals surface area contributed by atoms with Crippen LogP contribution in [0.15, 0.2) is 54.6 Å². The molecule has 0 saturated carbocycles. The van der Waals surface area contributed by atoms with Crippen molar-refractivity contribution < 1.29 is 42.6 Å². The molecule has 0 spiro atoms. The number of ether oxygens (including phenoxy) is 1. The smallest absolute Gasteiger partial charge is 0.407 e. The van der Waals surface area contributed by atoms with Crippen LogP contribution in [0.4, 0.5) is 4.79 Å². The summed E-state index contributed by atoms with van der Waals surface area (Å²) in [6.07, 6.45) is 0.887. The van der Waals surface area contributed by atoms with E-state index in [2.05, 4.69) is 16.0 Å². The highest BCUT2D eigenvalue weighted by atomic mass is 31.2. The minimum Gasteiger partial charge on any atom is -0.445 e. The lowest BCUT2D eigenvalue weighted by molar-refractivity contribution is -0.132. The van der Waals surface area contributed by atoms with Gasteiger partial charge in [0.15, 0.2) is 0 Å². The molecule has 338 valence electrons. The van der Waals surface area contributed by atoms with Gasteiger partial charge >= 0.3 is 6.09 Å². The molecule has 0 saturated heterocycles. The summed E-state index contributed by atoms with van der Waals surface area (Å²) >= 11 is 0. The Morgan fingerprint density at radius 3 is 1.95 bits per heavy atom. The number of alkyl carbamates (subject to hydrolysis) is 1. The zero-order valence-electron chi connectivity index (χ0n) is 37.3. The Hall–Kier alpha value is -4.59. The van der Waals surface area contributed by atoms with Gasteiger partial charge in [-0.2, -0.15) is 0 Å². The molecule has 6 amide bonds. The van der Waals surface area contributed by atoms with Gasteiger partial charge in [0.25, 0.3) is 11.8 Å². The first-order chi connectivity index (χ1) is 28.9. The summed E-state index contributed by atoms with van der Waals surface area (Å²) in [6.45, 7) is 13.4. The number of imide groups is 1. The number of carbonyl (C=O) groups excluding carboxylic acids is 6. The summed E-state index contributed by atoms with van der Waals surface area (Å²) in [4.78, 5) is 83.0. The van der Waals surface area contributed by atoms with Gasteiger partial charge in [-0.15, -0.1) is 0 Å². The first-order valence-corrected chi connectivity index (χ1v) is 23.6. The van der Waals surface area contributed by atoms with Crippen LogP contribution < -0.4 is 21.7 Å². The molecule has 61 heavy (non-hydrogen) atoms. The Bertz CT molecular complexity index is 1790. The van der Waals surface area contributed by atoms with Crippen molar-refractivity contribution >= 4 is 43.0 Å². The molecular weight excluding hydrogens is 800 g/mol. The van der Waals surface area contributed by atoms with E-state index in [1.807, 2.05) is 71.9 Å². The summed E-state index contributed by atoms with van der Waals surface area (Å²) in [7, 11) is -2.33. The second-order valence-corrected chi connectivity index (χ2v) is 19.7. The molecule has 1 aliphatic heterocycles. The zero-order chi connectivity index (χ0) is 45.3. The maximum atomic E-state index is 15.1. The first kappa shape index (κ1) is 50.8. The third kappa shape index (κ3) is 16.3. The van der Waals surface area contributed by atoms with E-state index in [1.54, 1.807) is 31.2 Å². The van der Waals surface area contributed by atoms with Crippen molar-refractivity contribution in [1.29, 1.82) is 0 Å². The number of amides is 6. The Kier molecular flexibility index (Phi) is 20.6. The molecule has 1 heterocycles. The molecule has 0 fully saturated rings. The number of nitrogens with two attached hydrogens (primary N) is 1. The summed E-state index contributed by atoms with van der Waals surface area (Å²) < 4.78 is 26.6. The van der Waals surface area contributed by atoms with Crippen molar-refractivity contribution in [3.8, 4) is 0 Å². The number of likely N-dealkylation sites (N-methyl/N-ethyl adjacent to an activating group) is 1. The number of fused-ring (bicyclic) bond motifs is 1. The van der Waals surface area contributed by atoms with Gasteiger partial charge in [0, 0.05) is 38.3 Å². The molecule has 2 aromatic rings. The van der Waals surface area contributed by atoms with Gasteiger partial charge in [0.2, 0.25) is 25.1 Å². The quantitative estimate of drug-likeness (QED) is 0.0481. The lowest BCUT2D eigenvalue weighted by Crippen LogP contribution is -2.51. The molecule has 16 heteroatoms. The van der Waals surface area contributed by atoms with Gasteiger partial charge in [-0.05, 0) is 80.9 Å².